The molecule has 0 radical (unpaired) electrons. The molecule has 0 bridgehead atoms. The number of likely N-dealkylation sites (tertiary alicyclic amines) is 1. The van der Waals surface area contributed by atoms with Gasteiger partial charge in [0, 0.05) is 18.2 Å². The van der Waals surface area contributed by atoms with E-state index in [1.54, 1.807) is 29.2 Å². The Morgan fingerprint density at radius 3 is 2.42 bits per heavy atom. The van der Waals surface area contributed by atoms with Gasteiger partial charge in [0.25, 0.3) is 5.91 Å². The summed E-state index contributed by atoms with van der Waals surface area (Å²) in [4.78, 5) is 43.1. The fraction of sp³-hybridized carbons (Fsp3) is 0.467. The molecule has 2 aromatic rings. The highest BCUT2D eigenvalue weighted by Gasteiger charge is 2.44. The number of benzene rings is 2. The van der Waals surface area contributed by atoms with Gasteiger partial charge in [0.05, 0.1) is 24.3 Å². The molecular weight excluding hydrogens is 583 g/mol. The number of alkyl halides is 3. The van der Waals surface area contributed by atoms with Gasteiger partial charge in [-0.2, -0.15) is 13.2 Å². The van der Waals surface area contributed by atoms with E-state index in [0.717, 1.165) is 23.5 Å². The van der Waals surface area contributed by atoms with Gasteiger partial charge in [-0.3, -0.25) is 19.3 Å². The Hall–Kier alpha value is -3.71. The average molecular weight is 620 g/mol. The van der Waals surface area contributed by atoms with Crippen LogP contribution in [0.2, 0.25) is 0 Å². The smallest absolute Gasteiger partial charge is 0.416 e. The maximum atomic E-state index is 13.7. The lowest BCUT2D eigenvalue weighted by Crippen LogP contribution is -2.41. The first kappa shape index (κ1) is 32.2. The maximum absolute atomic E-state index is 13.7. The Kier molecular flexibility index (Phi) is 10.6. The lowest BCUT2D eigenvalue weighted by molar-refractivity contribution is -0.137. The molecule has 1 atom stereocenters. The summed E-state index contributed by atoms with van der Waals surface area (Å²) < 4.78 is 45.9. The van der Waals surface area contributed by atoms with Crippen molar-refractivity contribution in [2.45, 2.75) is 51.2 Å². The van der Waals surface area contributed by atoms with E-state index in [0.29, 0.717) is 63.5 Å². The van der Waals surface area contributed by atoms with Crippen LogP contribution in [0.4, 0.5) is 24.5 Å². The molecule has 43 heavy (non-hydrogen) atoms. The van der Waals surface area contributed by atoms with Gasteiger partial charge in [-0.1, -0.05) is 13.0 Å². The van der Waals surface area contributed by atoms with Crippen LogP contribution in [0.1, 0.15) is 44.6 Å². The molecule has 0 saturated carbocycles. The van der Waals surface area contributed by atoms with Crippen LogP contribution < -0.4 is 20.7 Å². The lowest BCUT2D eigenvalue weighted by Gasteiger charge is -2.31. The SMILES string of the molecule is CCCOc1ccc(NC(=O)C[C@@H]2C(=O)N(c3cccc(C(F)(F)F)c3)C(=S)N2CCCN2CCC(C(N)=O)CC2)cc1. The van der Waals surface area contributed by atoms with Crippen LogP contribution >= 0.6 is 12.2 Å². The molecule has 3 amide bonds. The van der Waals surface area contributed by atoms with Gasteiger partial charge in [0.15, 0.2) is 5.11 Å². The van der Waals surface area contributed by atoms with Crippen LogP contribution in [0.3, 0.4) is 0 Å². The number of carbonyl (C=O) groups is 3. The Labute approximate surface area is 254 Å². The molecule has 3 N–H and O–H groups in total. The number of thiocarbonyl (C=S) groups is 1. The quantitative estimate of drug-likeness (QED) is 0.339. The summed E-state index contributed by atoms with van der Waals surface area (Å²) in [5.74, 6) is -0.767. The van der Waals surface area contributed by atoms with E-state index in [2.05, 4.69) is 10.2 Å². The number of carbonyl (C=O) groups excluding carboxylic acids is 3. The summed E-state index contributed by atoms with van der Waals surface area (Å²) in [6.45, 7) is 4.96. The van der Waals surface area contributed by atoms with E-state index in [9.17, 15) is 27.6 Å². The third-order valence-electron chi connectivity index (χ3n) is 7.60. The zero-order chi connectivity index (χ0) is 31.1. The van der Waals surface area contributed by atoms with Crippen molar-refractivity contribution in [3.63, 3.8) is 0 Å². The monoisotopic (exact) mass is 619 g/mol. The summed E-state index contributed by atoms with van der Waals surface area (Å²) in [7, 11) is 0. The minimum atomic E-state index is -4.60. The number of amides is 3. The fourth-order valence-corrected chi connectivity index (χ4v) is 5.71. The van der Waals surface area contributed by atoms with Crippen molar-refractivity contribution < 1.29 is 32.3 Å². The van der Waals surface area contributed by atoms with E-state index in [1.165, 1.54) is 12.1 Å². The largest absolute Gasteiger partial charge is 0.494 e. The molecule has 0 aromatic heterocycles. The number of nitrogens with two attached hydrogens (primary N) is 1. The number of ether oxygens (including phenoxy) is 1. The third-order valence-corrected chi connectivity index (χ3v) is 8.02. The van der Waals surface area contributed by atoms with Crippen LogP contribution in [-0.2, 0) is 20.6 Å². The average Bonchev–Trinajstić information content (AvgIpc) is 3.20. The molecule has 2 aliphatic heterocycles. The van der Waals surface area contributed by atoms with Gasteiger partial charge in [-0.05, 0) is 100.0 Å². The molecule has 0 aliphatic carbocycles. The number of primary amides is 1. The topological polar surface area (TPSA) is 108 Å². The summed E-state index contributed by atoms with van der Waals surface area (Å²) >= 11 is 5.62. The van der Waals surface area contributed by atoms with E-state index >= 15 is 0 Å². The molecule has 232 valence electrons. The second-order valence-electron chi connectivity index (χ2n) is 10.7. The number of piperidine rings is 1. The Morgan fingerprint density at radius 2 is 1.79 bits per heavy atom. The van der Waals surface area contributed by atoms with Gasteiger partial charge in [-0.25, -0.2) is 0 Å². The van der Waals surface area contributed by atoms with Crippen molar-refractivity contribution in [2.75, 3.05) is 43.0 Å². The number of nitrogens with zero attached hydrogens (tertiary/aromatic N) is 3. The fourth-order valence-electron chi connectivity index (χ4n) is 5.29. The van der Waals surface area contributed by atoms with E-state index in [4.69, 9.17) is 22.7 Å². The van der Waals surface area contributed by atoms with E-state index < -0.39 is 29.6 Å². The predicted molar refractivity (Wildman–Crippen MR) is 160 cm³/mol. The van der Waals surface area contributed by atoms with Crippen molar-refractivity contribution in [1.29, 1.82) is 0 Å². The third kappa shape index (κ3) is 8.23. The Balaban J connectivity index is 1.47. The zero-order valence-electron chi connectivity index (χ0n) is 23.9. The molecule has 4 rings (SSSR count). The highest BCUT2D eigenvalue weighted by molar-refractivity contribution is 7.80. The molecule has 13 heteroatoms. The molecule has 2 saturated heterocycles. The van der Waals surface area contributed by atoms with Crippen LogP contribution in [0.15, 0.2) is 48.5 Å². The van der Waals surface area contributed by atoms with Crippen molar-refractivity contribution in [3.8, 4) is 5.75 Å². The second kappa shape index (κ2) is 14.2. The highest BCUT2D eigenvalue weighted by Crippen LogP contribution is 2.34. The van der Waals surface area contributed by atoms with Crippen molar-refractivity contribution in [2.24, 2.45) is 11.7 Å². The number of rotatable bonds is 12. The van der Waals surface area contributed by atoms with Crippen LogP contribution in [0.5, 0.6) is 5.75 Å². The Morgan fingerprint density at radius 1 is 1.09 bits per heavy atom. The minimum absolute atomic E-state index is 0.00562. The van der Waals surface area contributed by atoms with Gasteiger partial charge in [-0.15, -0.1) is 0 Å². The Bertz CT molecular complexity index is 1320. The standard InChI is InChI=1S/C30H36F3N5O4S/c1-2-17-42-24-9-7-22(8-10-24)35-26(39)19-25-28(41)38(23-6-3-5-21(18-23)30(31,32)33)29(43)37(25)14-4-13-36-15-11-20(12-16-36)27(34)40/h3,5-10,18,20,25H,2,4,11-17,19H2,1H3,(H2,34,40)(H,35,39)/t25-/m1/s1. The molecule has 0 unspecified atom stereocenters. The lowest BCUT2D eigenvalue weighted by atomic mass is 9.96. The first-order chi connectivity index (χ1) is 20.5. The van der Waals surface area contributed by atoms with Gasteiger partial charge < -0.3 is 25.6 Å². The molecule has 2 aliphatic rings. The first-order valence-corrected chi connectivity index (χ1v) is 14.7. The van der Waals surface area contributed by atoms with E-state index in [1.807, 2.05) is 6.92 Å². The predicted octanol–water partition coefficient (Wildman–Crippen LogP) is 4.41. The van der Waals surface area contributed by atoms with Crippen LogP contribution in [-0.4, -0.2) is 71.5 Å². The number of anilines is 2. The zero-order valence-corrected chi connectivity index (χ0v) is 24.8. The normalized spacial score (nSPS) is 18.3. The summed E-state index contributed by atoms with van der Waals surface area (Å²) in [5, 5.41) is 2.83. The van der Waals surface area contributed by atoms with Crippen LogP contribution in [0, 0.1) is 5.92 Å². The minimum Gasteiger partial charge on any atom is -0.494 e. The summed E-state index contributed by atoms with van der Waals surface area (Å²) in [5.41, 5.74) is 5.04. The van der Waals surface area contributed by atoms with Gasteiger partial charge >= 0.3 is 6.18 Å². The number of hydrogen-bond donors (Lipinski definition) is 2. The first-order valence-electron chi connectivity index (χ1n) is 14.3. The highest BCUT2D eigenvalue weighted by atomic mass is 32.1. The molecule has 2 fully saturated rings. The molecule has 0 spiro atoms. The molecule has 9 nitrogen and oxygen atoms in total. The van der Waals surface area contributed by atoms with Gasteiger partial charge in [0.2, 0.25) is 11.8 Å². The summed E-state index contributed by atoms with van der Waals surface area (Å²) in [6, 6.07) is 10.3. The molecular formula is C30H36F3N5O4S. The molecule has 2 heterocycles. The van der Waals surface area contributed by atoms with E-state index in [-0.39, 0.29) is 29.0 Å². The maximum Gasteiger partial charge on any atom is 0.416 e. The number of hydrogen-bond acceptors (Lipinski definition) is 6. The second-order valence-corrected chi connectivity index (χ2v) is 11.1. The molecule has 2 aromatic carbocycles. The van der Waals surface area contributed by atoms with Crippen molar-refractivity contribution in [3.05, 3.63) is 54.1 Å². The van der Waals surface area contributed by atoms with Crippen LogP contribution in [0.25, 0.3) is 0 Å². The van der Waals surface area contributed by atoms with Crippen molar-refractivity contribution in [1.82, 2.24) is 9.80 Å². The van der Waals surface area contributed by atoms with Gasteiger partial charge in [0.1, 0.15) is 11.8 Å². The summed E-state index contributed by atoms with van der Waals surface area (Å²) in [6.07, 6.45) is -2.05. The number of halogens is 3. The number of nitrogens with one attached hydrogen (secondary N) is 1. The van der Waals surface area contributed by atoms with Crippen molar-refractivity contribution >= 4 is 46.4 Å².